The van der Waals surface area contributed by atoms with E-state index in [0.29, 0.717) is 17.9 Å². The zero-order valence-electron chi connectivity index (χ0n) is 14.0. The minimum absolute atomic E-state index is 0.00587. The van der Waals surface area contributed by atoms with Crippen LogP contribution in [0.25, 0.3) is 0 Å². The lowest BCUT2D eigenvalue weighted by Crippen LogP contribution is -2.53. The summed E-state index contributed by atoms with van der Waals surface area (Å²) in [5.41, 5.74) is -0.284. The number of halogens is 1. The first-order valence-corrected chi connectivity index (χ1v) is 8.74. The summed E-state index contributed by atoms with van der Waals surface area (Å²) in [6, 6.07) is 7.26. The maximum absolute atomic E-state index is 12.3. The van der Waals surface area contributed by atoms with E-state index in [1.54, 1.807) is 17.0 Å². The minimum atomic E-state index is -1.07. The number of aliphatic hydroxyl groups is 1. The summed E-state index contributed by atoms with van der Waals surface area (Å²) in [5, 5.41) is 11.5. The maximum atomic E-state index is 12.3. The second-order valence-electron chi connectivity index (χ2n) is 6.92. The van der Waals surface area contributed by atoms with E-state index in [0.717, 1.165) is 18.4 Å². The molecule has 24 heavy (non-hydrogen) atoms. The van der Waals surface area contributed by atoms with Crippen molar-refractivity contribution < 1.29 is 14.6 Å². The van der Waals surface area contributed by atoms with Crippen molar-refractivity contribution in [1.29, 1.82) is 0 Å². The standard InChI is InChI=1S/C19H22ClNO3/c1-13(2)24-18(22)21-16-6-7-17(21)12-19(23,11-16)9-8-14-4-3-5-15(20)10-14/h3-5,10,13,16-17,23H,6-7,11-12H2,1-2H3/t16-,17-/m1/s1. The van der Waals surface area contributed by atoms with E-state index in [9.17, 15) is 9.90 Å². The average Bonchev–Trinajstić information content (AvgIpc) is 2.78. The van der Waals surface area contributed by atoms with Crippen molar-refractivity contribution in [2.75, 3.05) is 0 Å². The number of piperidine rings is 1. The van der Waals surface area contributed by atoms with E-state index in [1.165, 1.54) is 0 Å². The summed E-state index contributed by atoms with van der Waals surface area (Å²) < 4.78 is 5.34. The molecule has 2 aliphatic rings. The van der Waals surface area contributed by atoms with Crippen molar-refractivity contribution in [2.45, 2.75) is 63.3 Å². The Labute approximate surface area is 147 Å². The minimum Gasteiger partial charge on any atom is -0.447 e. The summed E-state index contributed by atoms with van der Waals surface area (Å²) in [6.45, 7) is 3.69. The Morgan fingerprint density at radius 2 is 2.04 bits per heavy atom. The SMILES string of the molecule is CC(C)OC(=O)N1[C@@H]2CC[C@@H]1CC(O)(C#Cc1cccc(Cl)c1)C2. The lowest BCUT2D eigenvalue weighted by molar-refractivity contribution is -0.0161. The van der Waals surface area contributed by atoms with Gasteiger partial charge in [-0.05, 0) is 44.9 Å². The Morgan fingerprint density at radius 3 is 2.62 bits per heavy atom. The van der Waals surface area contributed by atoms with Crippen molar-refractivity contribution >= 4 is 17.7 Å². The lowest BCUT2D eigenvalue weighted by atomic mass is 9.86. The van der Waals surface area contributed by atoms with E-state index < -0.39 is 5.60 Å². The predicted molar refractivity (Wildman–Crippen MR) is 92.8 cm³/mol. The van der Waals surface area contributed by atoms with Crippen molar-refractivity contribution in [2.24, 2.45) is 0 Å². The van der Waals surface area contributed by atoms with Crippen molar-refractivity contribution in [3.63, 3.8) is 0 Å². The Bertz CT molecular complexity index is 677. The van der Waals surface area contributed by atoms with E-state index in [1.807, 2.05) is 26.0 Å². The Kier molecular flexibility index (Phi) is 4.76. The van der Waals surface area contributed by atoms with Gasteiger partial charge in [-0.3, -0.25) is 0 Å². The normalized spacial score (nSPS) is 28.5. The summed E-state index contributed by atoms with van der Waals surface area (Å²) in [4.78, 5) is 14.1. The number of hydrogen-bond donors (Lipinski definition) is 1. The number of benzene rings is 1. The van der Waals surface area contributed by atoms with Crippen LogP contribution in [0.5, 0.6) is 0 Å². The molecule has 0 aliphatic carbocycles. The topological polar surface area (TPSA) is 49.8 Å². The lowest BCUT2D eigenvalue weighted by Gasteiger charge is -2.40. The fourth-order valence-electron chi connectivity index (χ4n) is 3.64. The van der Waals surface area contributed by atoms with Crippen molar-refractivity contribution in [1.82, 2.24) is 4.90 Å². The molecule has 3 rings (SSSR count). The highest BCUT2D eigenvalue weighted by atomic mass is 35.5. The number of hydrogen-bond acceptors (Lipinski definition) is 3. The van der Waals surface area contributed by atoms with Crippen LogP contribution in [0.15, 0.2) is 24.3 Å². The number of ether oxygens (including phenoxy) is 1. The van der Waals surface area contributed by atoms with Crippen molar-refractivity contribution in [3.05, 3.63) is 34.9 Å². The van der Waals surface area contributed by atoms with Gasteiger partial charge in [-0.25, -0.2) is 4.79 Å². The highest BCUT2D eigenvalue weighted by molar-refractivity contribution is 6.30. The van der Waals surface area contributed by atoms with Crippen LogP contribution in [-0.4, -0.2) is 39.9 Å². The van der Waals surface area contributed by atoms with Gasteiger partial charge in [-0.2, -0.15) is 0 Å². The van der Waals surface area contributed by atoms with Crippen LogP contribution < -0.4 is 0 Å². The Morgan fingerprint density at radius 1 is 1.38 bits per heavy atom. The van der Waals surface area contributed by atoms with Gasteiger partial charge in [-0.1, -0.05) is 29.5 Å². The van der Waals surface area contributed by atoms with Gasteiger partial charge in [-0.15, -0.1) is 0 Å². The first-order valence-electron chi connectivity index (χ1n) is 8.36. The van der Waals surface area contributed by atoms with E-state index in [-0.39, 0.29) is 24.3 Å². The van der Waals surface area contributed by atoms with Crippen LogP contribution in [0.1, 0.15) is 45.1 Å². The number of fused-ring (bicyclic) bond motifs is 2. The molecule has 2 bridgehead atoms. The molecule has 1 N–H and O–H groups in total. The van der Waals surface area contributed by atoms with Crippen LogP contribution in [0.2, 0.25) is 5.02 Å². The summed E-state index contributed by atoms with van der Waals surface area (Å²) in [5.74, 6) is 6.03. The smallest absolute Gasteiger partial charge is 0.410 e. The van der Waals surface area contributed by atoms with Crippen LogP contribution in [0.3, 0.4) is 0 Å². The molecule has 0 unspecified atom stereocenters. The van der Waals surface area contributed by atoms with Crippen molar-refractivity contribution in [3.8, 4) is 11.8 Å². The molecule has 1 amide bonds. The number of rotatable bonds is 1. The number of nitrogens with zero attached hydrogens (tertiary/aromatic N) is 1. The molecule has 2 heterocycles. The maximum Gasteiger partial charge on any atom is 0.410 e. The van der Waals surface area contributed by atoms with Gasteiger partial charge >= 0.3 is 6.09 Å². The van der Waals surface area contributed by atoms with Gasteiger partial charge < -0.3 is 14.7 Å². The third kappa shape index (κ3) is 3.68. The summed E-state index contributed by atoms with van der Waals surface area (Å²) in [7, 11) is 0. The van der Waals surface area contributed by atoms with Gasteiger partial charge in [0.25, 0.3) is 0 Å². The molecule has 5 heteroatoms. The zero-order valence-corrected chi connectivity index (χ0v) is 14.7. The molecule has 0 saturated carbocycles. The predicted octanol–water partition coefficient (Wildman–Crippen LogP) is 3.59. The largest absolute Gasteiger partial charge is 0.447 e. The highest BCUT2D eigenvalue weighted by Gasteiger charge is 2.49. The average molecular weight is 348 g/mol. The van der Waals surface area contributed by atoms with Crippen LogP contribution in [0, 0.1) is 11.8 Å². The molecule has 2 saturated heterocycles. The van der Waals surface area contributed by atoms with E-state index in [4.69, 9.17) is 16.3 Å². The molecule has 0 aromatic heterocycles. The Hall–Kier alpha value is -1.70. The van der Waals surface area contributed by atoms with Gasteiger partial charge in [0.2, 0.25) is 0 Å². The summed E-state index contributed by atoms with van der Waals surface area (Å²) >= 11 is 5.96. The monoisotopic (exact) mass is 347 g/mol. The van der Waals surface area contributed by atoms with Crippen LogP contribution in [-0.2, 0) is 4.74 Å². The molecule has 2 atom stereocenters. The molecule has 0 spiro atoms. The first kappa shape index (κ1) is 17.1. The molecular formula is C19H22ClNO3. The number of amides is 1. The molecule has 2 fully saturated rings. The molecule has 1 aromatic carbocycles. The van der Waals surface area contributed by atoms with E-state index in [2.05, 4.69) is 11.8 Å². The zero-order chi connectivity index (χ0) is 17.3. The quantitative estimate of drug-likeness (QED) is 0.790. The molecule has 4 nitrogen and oxygen atoms in total. The molecule has 2 aliphatic heterocycles. The first-order chi connectivity index (χ1) is 11.4. The van der Waals surface area contributed by atoms with Crippen LogP contribution in [0.4, 0.5) is 4.79 Å². The Balaban J connectivity index is 1.74. The van der Waals surface area contributed by atoms with Gasteiger partial charge in [0.15, 0.2) is 0 Å². The van der Waals surface area contributed by atoms with Gasteiger partial charge in [0.05, 0.1) is 6.10 Å². The fourth-order valence-corrected chi connectivity index (χ4v) is 3.83. The molecule has 0 radical (unpaired) electrons. The summed E-state index contributed by atoms with van der Waals surface area (Å²) in [6.07, 6.45) is 2.29. The third-order valence-corrected chi connectivity index (χ3v) is 4.81. The second-order valence-corrected chi connectivity index (χ2v) is 7.36. The fraction of sp³-hybridized carbons (Fsp3) is 0.526. The van der Waals surface area contributed by atoms with Gasteiger partial charge in [0.1, 0.15) is 5.60 Å². The molecule has 128 valence electrons. The van der Waals surface area contributed by atoms with Gasteiger partial charge in [0, 0.05) is 35.5 Å². The molecular weight excluding hydrogens is 326 g/mol. The third-order valence-electron chi connectivity index (χ3n) is 4.58. The second kappa shape index (κ2) is 6.66. The van der Waals surface area contributed by atoms with Crippen LogP contribution >= 0.6 is 11.6 Å². The van der Waals surface area contributed by atoms with E-state index >= 15 is 0 Å². The molecule has 1 aromatic rings. The number of carbonyl (C=O) groups excluding carboxylic acids is 1. The highest BCUT2D eigenvalue weighted by Crippen LogP contribution is 2.41. The number of carbonyl (C=O) groups is 1.